The van der Waals surface area contributed by atoms with Crippen LogP contribution in [0.4, 0.5) is 0 Å². The van der Waals surface area contributed by atoms with Gasteiger partial charge in [-0.05, 0) is 52.2 Å². The van der Waals surface area contributed by atoms with Crippen LogP contribution in [0.3, 0.4) is 0 Å². The molecule has 5 heteroatoms. The number of hydrogen-bond acceptors (Lipinski definition) is 4. The van der Waals surface area contributed by atoms with Gasteiger partial charge in [0.1, 0.15) is 0 Å². The third-order valence-corrected chi connectivity index (χ3v) is 5.74. The van der Waals surface area contributed by atoms with Gasteiger partial charge in [0.05, 0.1) is 10.5 Å². The second-order valence-corrected chi connectivity index (χ2v) is 8.73. The Morgan fingerprint density at radius 3 is 2.25 bits per heavy atom. The highest BCUT2D eigenvalue weighted by molar-refractivity contribution is 7.98. The van der Waals surface area contributed by atoms with Crippen molar-refractivity contribution in [1.82, 2.24) is 5.32 Å². The molecule has 0 saturated heterocycles. The van der Waals surface area contributed by atoms with Crippen molar-refractivity contribution in [3.8, 4) is 0 Å². The van der Waals surface area contributed by atoms with Crippen LogP contribution >= 0.6 is 11.8 Å². The number of hydrogen-bond donors (Lipinski definition) is 1. The van der Waals surface area contributed by atoms with E-state index >= 15 is 0 Å². The highest BCUT2D eigenvalue weighted by Crippen LogP contribution is 2.15. The molecule has 98 valence electrons. The third-order valence-electron chi connectivity index (χ3n) is 2.43. The maximum absolute atomic E-state index is 11.7. The van der Waals surface area contributed by atoms with Crippen molar-refractivity contribution in [2.24, 2.45) is 0 Å². The van der Waals surface area contributed by atoms with Crippen LogP contribution in [-0.4, -0.2) is 44.0 Å². The molecule has 0 unspecified atom stereocenters. The van der Waals surface area contributed by atoms with Crippen LogP contribution in [0.15, 0.2) is 0 Å². The monoisotopic (exact) mass is 267 g/mol. The van der Waals surface area contributed by atoms with Crippen molar-refractivity contribution >= 4 is 21.6 Å². The van der Waals surface area contributed by atoms with Crippen LogP contribution in [0.5, 0.6) is 0 Å². The van der Waals surface area contributed by atoms with Gasteiger partial charge in [-0.25, -0.2) is 8.42 Å². The van der Waals surface area contributed by atoms with E-state index in [1.807, 2.05) is 11.8 Å². The Kier molecular flexibility index (Phi) is 7.68. The number of thioether (sulfide) groups is 1. The molecule has 16 heavy (non-hydrogen) atoms. The number of nitrogens with one attached hydrogen (secondary N) is 1. The highest BCUT2D eigenvalue weighted by Gasteiger charge is 2.27. The predicted octanol–water partition coefficient (Wildman–Crippen LogP) is 1.93. The lowest BCUT2D eigenvalue weighted by atomic mass is 10.3. The average Bonchev–Trinajstić information content (AvgIpc) is 2.14. The molecule has 0 heterocycles. The zero-order valence-corrected chi connectivity index (χ0v) is 12.5. The Morgan fingerprint density at radius 1 is 1.12 bits per heavy atom. The fourth-order valence-electron chi connectivity index (χ4n) is 1.13. The van der Waals surface area contributed by atoms with Gasteiger partial charge in [-0.1, -0.05) is 0 Å². The van der Waals surface area contributed by atoms with E-state index in [1.165, 1.54) is 12.2 Å². The van der Waals surface area contributed by atoms with E-state index in [2.05, 4.69) is 11.6 Å². The molecule has 0 aliphatic carbocycles. The first-order chi connectivity index (χ1) is 7.31. The number of sulfone groups is 1. The lowest BCUT2D eigenvalue weighted by molar-refractivity contribution is 0.555. The molecule has 0 aromatic carbocycles. The SMILES string of the molecule is CSCCCCNCCS(=O)(=O)C(C)(C)C. The zero-order valence-electron chi connectivity index (χ0n) is 10.9. The Hall–Kier alpha value is 0.260. The molecule has 0 amide bonds. The smallest absolute Gasteiger partial charge is 0.156 e. The van der Waals surface area contributed by atoms with Crippen LogP contribution in [-0.2, 0) is 9.84 Å². The molecule has 0 aromatic rings. The molecule has 1 N–H and O–H groups in total. The molecule has 0 atom stereocenters. The Bertz CT molecular complexity index is 268. The summed E-state index contributed by atoms with van der Waals surface area (Å²) in [6, 6.07) is 0. The molecule has 0 aromatic heterocycles. The zero-order chi connectivity index (χ0) is 12.7. The summed E-state index contributed by atoms with van der Waals surface area (Å²) in [5.74, 6) is 1.42. The van der Waals surface area contributed by atoms with Crippen molar-refractivity contribution < 1.29 is 8.42 Å². The third kappa shape index (κ3) is 6.76. The molecule has 0 bridgehead atoms. The standard InChI is InChI=1S/C11H25NO2S2/c1-11(2,3)16(13,14)10-8-12-7-5-6-9-15-4/h12H,5-10H2,1-4H3. The Labute approximate surface area is 105 Å². The quantitative estimate of drug-likeness (QED) is 0.683. The van der Waals surface area contributed by atoms with Crippen molar-refractivity contribution in [2.75, 3.05) is 30.9 Å². The lowest BCUT2D eigenvalue weighted by Gasteiger charge is -2.19. The molecule has 0 saturated carbocycles. The first kappa shape index (κ1) is 16.3. The van der Waals surface area contributed by atoms with Crippen molar-refractivity contribution in [3.05, 3.63) is 0 Å². The van der Waals surface area contributed by atoms with Gasteiger partial charge in [0, 0.05) is 6.54 Å². The molecular formula is C11H25NO2S2. The molecule has 0 radical (unpaired) electrons. The normalized spacial score (nSPS) is 13.0. The van der Waals surface area contributed by atoms with Gasteiger partial charge in [-0.3, -0.25) is 0 Å². The van der Waals surface area contributed by atoms with Gasteiger partial charge in [0.25, 0.3) is 0 Å². The Balaban J connectivity index is 3.60. The molecule has 0 rings (SSSR count). The van der Waals surface area contributed by atoms with Crippen molar-refractivity contribution in [2.45, 2.75) is 38.4 Å². The first-order valence-corrected chi connectivity index (χ1v) is 8.78. The minimum Gasteiger partial charge on any atom is -0.316 e. The highest BCUT2D eigenvalue weighted by atomic mass is 32.2. The average molecular weight is 267 g/mol. The summed E-state index contributed by atoms with van der Waals surface area (Å²) in [4.78, 5) is 0. The summed E-state index contributed by atoms with van der Waals surface area (Å²) in [5, 5.41) is 3.18. The molecular weight excluding hydrogens is 242 g/mol. The summed E-state index contributed by atoms with van der Waals surface area (Å²) in [5.41, 5.74) is 0. The van der Waals surface area contributed by atoms with E-state index in [1.54, 1.807) is 20.8 Å². The van der Waals surface area contributed by atoms with Gasteiger partial charge in [-0.2, -0.15) is 11.8 Å². The van der Waals surface area contributed by atoms with Crippen LogP contribution in [0, 0.1) is 0 Å². The minimum atomic E-state index is -2.96. The van der Waals surface area contributed by atoms with E-state index in [0.29, 0.717) is 6.54 Å². The van der Waals surface area contributed by atoms with E-state index in [-0.39, 0.29) is 5.75 Å². The Morgan fingerprint density at radius 2 is 1.75 bits per heavy atom. The fourth-order valence-corrected chi connectivity index (χ4v) is 2.65. The van der Waals surface area contributed by atoms with Gasteiger partial charge < -0.3 is 5.32 Å². The molecule has 0 aliphatic rings. The number of rotatable bonds is 8. The maximum atomic E-state index is 11.7. The molecule has 0 spiro atoms. The van der Waals surface area contributed by atoms with Crippen LogP contribution < -0.4 is 5.32 Å². The maximum Gasteiger partial charge on any atom is 0.156 e. The van der Waals surface area contributed by atoms with Crippen molar-refractivity contribution in [3.63, 3.8) is 0 Å². The minimum absolute atomic E-state index is 0.235. The van der Waals surface area contributed by atoms with Crippen LogP contribution in [0.1, 0.15) is 33.6 Å². The van der Waals surface area contributed by atoms with E-state index < -0.39 is 14.6 Å². The molecule has 3 nitrogen and oxygen atoms in total. The lowest BCUT2D eigenvalue weighted by Crippen LogP contribution is -2.34. The van der Waals surface area contributed by atoms with Crippen LogP contribution in [0.2, 0.25) is 0 Å². The second kappa shape index (κ2) is 7.56. The van der Waals surface area contributed by atoms with Crippen LogP contribution in [0.25, 0.3) is 0 Å². The summed E-state index contributed by atoms with van der Waals surface area (Å²) < 4.78 is 22.9. The van der Waals surface area contributed by atoms with Gasteiger partial charge in [-0.15, -0.1) is 0 Å². The second-order valence-electron chi connectivity index (χ2n) is 4.88. The fraction of sp³-hybridized carbons (Fsp3) is 1.00. The summed E-state index contributed by atoms with van der Waals surface area (Å²) in [6.45, 7) is 6.74. The predicted molar refractivity (Wildman–Crippen MR) is 74.0 cm³/mol. The van der Waals surface area contributed by atoms with Gasteiger partial charge >= 0.3 is 0 Å². The van der Waals surface area contributed by atoms with E-state index in [4.69, 9.17) is 0 Å². The molecule has 0 aliphatic heterocycles. The largest absolute Gasteiger partial charge is 0.316 e. The van der Waals surface area contributed by atoms with Gasteiger partial charge in [0.2, 0.25) is 0 Å². The summed E-state index contributed by atoms with van der Waals surface area (Å²) in [7, 11) is -2.96. The van der Waals surface area contributed by atoms with Crippen molar-refractivity contribution in [1.29, 1.82) is 0 Å². The van der Waals surface area contributed by atoms with E-state index in [0.717, 1.165) is 13.0 Å². The van der Waals surface area contributed by atoms with E-state index in [9.17, 15) is 8.42 Å². The molecule has 0 fully saturated rings. The van der Waals surface area contributed by atoms with Gasteiger partial charge in [0.15, 0.2) is 9.84 Å². The summed E-state index contributed by atoms with van der Waals surface area (Å²) >= 11 is 1.85. The first-order valence-electron chi connectivity index (χ1n) is 5.73. The summed E-state index contributed by atoms with van der Waals surface area (Å²) in [6.07, 6.45) is 4.42. The number of unbranched alkanes of at least 4 members (excludes halogenated alkanes) is 1. The topological polar surface area (TPSA) is 46.2 Å².